The molecular weight excluding hydrogens is 222 g/mol. The molecule has 0 saturated carbocycles. The van der Waals surface area contributed by atoms with Gasteiger partial charge in [0.05, 0.1) is 6.10 Å². The zero-order valence-electron chi connectivity index (χ0n) is 11.8. The van der Waals surface area contributed by atoms with E-state index in [0.29, 0.717) is 0 Å². The first-order valence-electron chi connectivity index (χ1n) is 7.04. The molecule has 0 radical (unpaired) electrons. The van der Waals surface area contributed by atoms with Gasteiger partial charge in [-0.1, -0.05) is 38.1 Å². The highest BCUT2D eigenvalue weighted by Crippen LogP contribution is 2.23. The minimum atomic E-state index is -0.367. The van der Waals surface area contributed by atoms with Crippen LogP contribution in [-0.4, -0.2) is 23.1 Å². The van der Waals surface area contributed by atoms with E-state index in [0.717, 1.165) is 23.9 Å². The van der Waals surface area contributed by atoms with Gasteiger partial charge >= 0.3 is 0 Å². The van der Waals surface area contributed by atoms with E-state index in [9.17, 15) is 5.11 Å². The summed E-state index contributed by atoms with van der Waals surface area (Å²) in [6.07, 6.45) is 0.992. The molecule has 0 bridgehead atoms. The highest BCUT2D eigenvalue weighted by atomic mass is 16.3. The molecule has 18 heavy (non-hydrogen) atoms. The molecule has 1 fully saturated rings. The Hall–Kier alpha value is -0.860. The lowest BCUT2D eigenvalue weighted by atomic mass is 9.91. The van der Waals surface area contributed by atoms with Crippen molar-refractivity contribution < 1.29 is 5.11 Å². The summed E-state index contributed by atoms with van der Waals surface area (Å²) in [6, 6.07) is 8.37. The van der Waals surface area contributed by atoms with Crippen LogP contribution >= 0.6 is 0 Å². The zero-order valence-corrected chi connectivity index (χ0v) is 11.8. The average molecular weight is 247 g/mol. The molecule has 2 rings (SSSR count). The summed E-state index contributed by atoms with van der Waals surface area (Å²) < 4.78 is 0. The van der Waals surface area contributed by atoms with Gasteiger partial charge < -0.3 is 5.11 Å². The number of nitrogens with zero attached hydrogens (tertiary/aromatic N) is 1. The van der Waals surface area contributed by atoms with E-state index in [-0.39, 0.29) is 6.10 Å². The fourth-order valence-electron chi connectivity index (χ4n) is 3.08. The average Bonchev–Trinajstić information content (AvgIpc) is 2.28. The van der Waals surface area contributed by atoms with E-state index in [4.69, 9.17) is 0 Å². The minimum absolute atomic E-state index is 0.367. The lowest BCUT2D eigenvalue weighted by molar-refractivity contribution is 0.134. The van der Waals surface area contributed by atoms with Crippen LogP contribution in [0.2, 0.25) is 0 Å². The lowest BCUT2D eigenvalue weighted by Crippen LogP contribution is -2.38. The van der Waals surface area contributed by atoms with E-state index < -0.39 is 0 Å². The van der Waals surface area contributed by atoms with Crippen molar-refractivity contribution in [2.24, 2.45) is 11.8 Å². The second-order valence-electron chi connectivity index (χ2n) is 6.06. The fraction of sp³-hybridized carbons (Fsp3) is 0.625. The molecule has 1 aliphatic heterocycles. The van der Waals surface area contributed by atoms with Gasteiger partial charge in [0.25, 0.3) is 0 Å². The number of aliphatic hydroxyl groups excluding tert-OH is 1. The predicted molar refractivity (Wildman–Crippen MR) is 75.3 cm³/mol. The number of aliphatic hydroxyl groups is 1. The van der Waals surface area contributed by atoms with E-state index in [2.05, 4.69) is 30.9 Å². The molecule has 1 heterocycles. The number of hydrogen-bond acceptors (Lipinski definition) is 2. The van der Waals surface area contributed by atoms with Crippen LogP contribution in [0.15, 0.2) is 24.3 Å². The summed E-state index contributed by atoms with van der Waals surface area (Å²) in [6.45, 7) is 9.96. The van der Waals surface area contributed by atoms with Gasteiger partial charge in [0.2, 0.25) is 0 Å². The Balaban J connectivity index is 1.96. The molecule has 1 aromatic rings. The third-order valence-corrected chi connectivity index (χ3v) is 3.81. The maximum atomic E-state index is 9.50. The van der Waals surface area contributed by atoms with Crippen molar-refractivity contribution in [1.29, 1.82) is 0 Å². The number of hydrogen-bond donors (Lipinski definition) is 1. The van der Waals surface area contributed by atoms with Crippen molar-refractivity contribution in [3.63, 3.8) is 0 Å². The van der Waals surface area contributed by atoms with Gasteiger partial charge in [-0.05, 0) is 36.3 Å². The first-order valence-corrected chi connectivity index (χ1v) is 7.04. The van der Waals surface area contributed by atoms with E-state index >= 15 is 0 Å². The van der Waals surface area contributed by atoms with Gasteiger partial charge in [-0.3, -0.25) is 4.90 Å². The molecule has 0 aliphatic carbocycles. The Morgan fingerprint density at radius 3 is 2.22 bits per heavy atom. The van der Waals surface area contributed by atoms with Crippen LogP contribution in [0.4, 0.5) is 0 Å². The molecule has 1 N–H and O–H groups in total. The molecule has 0 amide bonds. The van der Waals surface area contributed by atoms with Gasteiger partial charge in [-0.2, -0.15) is 0 Å². The molecule has 0 spiro atoms. The van der Waals surface area contributed by atoms with Crippen molar-refractivity contribution >= 4 is 0 Å². The molecule has 2 nitrogen and oxygen atoms in total. The topological polar surface area (TPSA) is 23.5 Å². The maximum Gasteiger partial charge on any atom is 0.0761 e. The Labute approximate surface area is 111 Å². The van der Waals surface area contributed by atoms with Crippen molar-refractivity contribution in [3.8, 4) is 0 Å². The maximum absolute atomic E-state index is 9.50. The molecule has 100 valence electrons. The second kappa shape index (κ2) is 5.85. The van der Waals surface area contributed by atoms with E-state index in [1.807, 2.05) is 19.1 Å². The smallest absolute Gasteiger partial charge is 0.0761 e. The molecule has 1 saturated heterocycles. The molecular formula is C16H25NO. The first-order chi connectivity index (χ1) is 8.54. The summed E-state index contributed by atoms with van der Waals surface area (Å²) in [5.41, 5.74) is 2.35. The summed E-state index contributed by atoms with van der Waals surface area (Å²) in [4.78, 5) is 2.55. The van der Waals surface area contributed by atoms with Gasteiger partial charge in [0, 0.05) is 19.6 Å². The molecule has 3 unspecified atom stereocenters. The standard InChI is InChI=1S/C16H25NO/c1-12-8-13(2)10-17(9-12)11-15-4-6-16(7-5-15)14(3)18/h4-7,12-14,18H,8-11H2,1-3H3. The van der Waals surface area contributed by atoms with Crippen LogP contribution in [0.25, 0.3) is 0 Å². The number of rotatable bonds is 3. The van der Waals surface area contributed by atoms with Crippen molar-refractivity contribution in [2.75, 3.05) is 13.1 Å². The Morgan fingerprint density at radius 1 is 1.17 bits per heavy atom. The number of likely N-dealkylation sites (tertiary alicyclic amines) is 1. The minimum Gasteiger partial charge on any atom is -0.389 e. The van der Waals surface area contributed by atoms with Crippen LogP contribution < -0.4 is 0 Å². The quantitative estimate of drug-likeness (QED) is 0.886. The van der Waals surface area contributed by atoms with Crippen molar-refractivity contribution in [2.45, 2.75) is 39.8 Å². The molecule has 1 aromatic carbocycles. The van der Waals surface area contributed by atoms with Crippen molar-refractivity contribution in [3.05, 3.63) is 35.4 Å². The molecule has 2 heteroatoms. The molecule has 3 atom stereocenters. The van der Waals surface area contributed by atoms with E-state index in [1.54, 1.807) is 0 Å². The SMILES string of the molecule is CC1CC(C)CN(Cc2ccc(C(C)O)cc2)C1. The third kappa shape index (κ3) is 3.56. The van der Waals surface area contributed by atoms with Crippen LogP contribution in [0.5, 0.6) is 0 Å². The van der Waals surface area contributed by atoms with Crippen molar-refractivity contribution in [1.82, 2.24) is 4.90 Å². The van der Waals surface area contributed by atoms with Crippen LogP contribution in [0.1, 0.15) is 44.4 Å². The molecule has 1 aliphatic rings. The Bertz CT molecular complexity index is 361. The summed E-state index contributed by atoms with van der Waals surface area (Å²) in [5.74, 6) is 1.62. The molecule has 0 aromatic heterocycles. The largest absolute Gasteiger partial charge is 0.389 e. The highest BCUT2D eigenvalue weighted by molar-refractivity contribution is 5.23. The van der Waals surface area contributed by atoms with Crippen LogP contribution in [-0.2, 0) is 6.54 Å². The normalized spacial score (nSPS) is 27.1. The van der Waals surface area contributed by atoms with Crippen LogP contribution in [0.3, 0.4) is 0 Å². The summed E-state index contributed by atoms with van der Waals surface area (Å²) in [7, 11) is 0. The van der Waals surface area contributed by atoms with Crippen LogP contribution in [0, 0.1) is 11.8 Å². The highest BCUT2D eigenvalue weighted by Gasteiger charge is 2.21. The monoisotopic (exact) mass is 247 g/mol. The fourth-order valence-corrected chi connectivity index (χ4v) is 3.08. The number of benzene rings is 1. The van der Waals surface area contributed by atoms with Gasteiger partial charge in [-0.25, -0.2) is 0 Å². The second-order valence-corrected chi connectivity index (χ2v) is 6.06. The first kappa shape index (κ1) is 13.6. The summed E-state index contributed by atoms with van der Waals surface area (Å²) >= 11 is 0. The van der Waals surface area contributed by atoms with Gasteiger partial charge in [0.15, 0.2) is 0 Å². The van der Waals surface area contributed by atoms with E-state index in [1.165, 1.54) is 25.1 Å². The summed E-state index contributed by atoms with van der Waals surface area (Å²) in [5, 5.41) is 9.50. The van der Waals surface area contributed by atoms with Gasteiger partial charge in [-0.15, -0.1) is 0 Å². The zero-order chi connectivity index (χ0) is 13.1. The lowest BCUT2D eigenvalue weighted by Gasteiger charge is -2.35. The number of piperidine rings is 1. The Kier molecular flexibility index (Phi) is 4.41. The third-order valence-electron chi connectivity index (χ3n) is 3.81. The Morgan fingerprint density at radius 2 is 1.72 bits per heavy atom. The van der Waals surface area contributed by atoms with Gasteiger partial charge in [0.1, 0.15) is 0 Å². The predicted octanol–water partition coefficient (Wildman–Crippen LogP) is 3.22.